The van der Waals surface area contributed by atoms with Gasteiger partial charge in [-0.3, -0.25) is 9.59 Å². The van der Waals surface area contributed by atoms with Gasteiger partial charge >= 0.3 is 0 Å². The fourth-order valence-electron chi connectivity index (χ4n) is 3.61. The van der Waals surface area contributed by atoms with E-state index in [1.54, 1.807) is 12.1 Å². The number of carbonyl (C=O) groups excluding carboxylic acids is 2. The third-order valence-corrected chi connectivity index (χ3v) is 6.24. The Bertz CT molecular complexity index is 1030. The van der Waals surface area contributed by atoms with Crippen LogP contribution in [0.25, 0.3) is 0 Å². The van der Waals surface area contributed by atoms with Crippen LogP contribution in [-0.2, 0) is 0 Å². The maximum atomic E-state index is 12.5. The summed E-state index contributed by atoms with van der Waals surface area (Å²) in [7, 11) is 0. The van der Waals surface area contributed by atoms with Gasteiger partial charge in [0.25, 0.3) is 11.8 Å². The molecule has 3 aromatic rings. The summed E-state index contributed by atoms with van der Waals surface area (Å²) < 4.78 is 5.56. The second-order valence-electron chi connectivity index (χ2n) is 7.63. The predicted molar refractivity (Wildman–Crippen MR) is 129 cm³/mol. The molecule has 7 heteroatoms. The Hall–Kier alpha value is -3.32. The van der Waals surface area contributed by atoms with Crippen LogP contribution in [0.5, 0.6) is 5.75 Å². The number of thiophene rings is 1. The number of ether oxygens (including phenoxy) is 1. The smallest absolute Gasteiger partial charge is 0.264 e. The highest BCUT2D eigenvalue weighted by atomic mass is 32.1. The number of anilines is 2. The van der Waals surface area contributed by atoms with Gasteiger partial charge in [0, 0.05) is 43.1 Å². The van der Waals surface area contributed by atoms with Crippen molar-refractivity contribution in [3.05, 3.63) is 76.5 Å². The lowest BCUT2D eigenvalue weighted by Crippen LogP contribution is -2.48. The molecule has 0 atom stereocenters. The minimum atomic E-state index is -0.152. The molecule has 6 nitrogen and oxygen atoms in total. The Balaban J connectivity index is 1.29. The molecule has 2 heterocycles. The second-order valence-corrected chi connectivity index (χ2v) is 8.58. The molecule has 1 fully saturated rings. The Kier molecular flexibility index (Phi) is 7.07. The van der Waals surface area contributed by atoms with E-state index in [4.69, 9.17) is 4.74 Å². The van der Waals surface area contributed by atoms with E-state index in [1.807, 2.05) is 58.8 Å². The number of nitrogens with one attached hydrogen (secondary N) is 1. The summed E-state index contributed by atoms with van der Waals surface area (Å²) in [4.78, 5) is 30.0. The minimum Gasteiger partial charge on any atom is -0.494 e. The lowest BCUT2D eigenvalue weighted by atomic mass is 10.2. The van der Waals surface area contributed by atoms with Crippen LogP contribution < -0.4 is 15.0 Å². The minimum absolute atomic E-state index is 0.114. The Labute approximate surface area is 192 Å². The van der Waals surface area contributed by atoms with Gasteiger partial charge in [-0.15, -0.1) is 11.3 Å². The van der Waals surface area contributed by atoms with Crippen molar-refractivity contribution in [1.29, 1.82) is 0 Å². The quantitative estimate of drug-likeness (QED) is 0.565. The highest BCUT2D eigenvalue weighted by Gasteiger charge is 2.22. The second kappa shape index (κ2) is 10.3. The normalized spacial score (nSPS) is 13.7. The fraction of sp³-hybridized carbons (Fsp3) is 0.280. The van der Waals surface area contributed by atoms with Crippen LogP contribution in [0.1, 0.15) is 33.4 Å². The summed E-state index contributed by atoms with van der Waals surface area (Å²) in [5.41, 5.74) is 2.42. The molecule has 0 spiro atoms. The lowest BCUT2D eigenvalue weighted by Gasteiger charge is -2.36. The summed E-state index contributed by atoms with van der Waals surface area (Å²) in [6, 6.07) is 18.8. The zero-order valence-electron chi connectivity index (χ0n) is 18.1. The van der Waals surface area contributed by atoms with Gasteiger partial charge in [-0.25, -0.2) is 0 Å². The van der Waals surface area contributed by atoms with Crippen LogP contribution >= 0.6 is 11.3 Å². The van der Waals surface area contributed by atoms with Crippen molar-refractivity contribution in [3.8, 4) is 5.75 Å². The van der Waals surface area contributed by atoms with E-state index in [9.17, 15) is 9.59 Å². The molecule has 1 aliphatic rings. The summed E-state index contributed by atoms with van der Waals surface area (Å²) in [6.45, 7) is 5.70. The van der Waals surface area contributed by atoms with E-state index in [-0.39, 0.29) is 11.8 Å². The van der Waals surface area contributed by atoms with Crippen molar-refractivity contribution in [3.63, 3.8) is 0 Å². The number of hydrogen-bond donors (Lipinski definition) is 1. The van der Waals surface area contributed by atoms with Gasteiger partial charge in [0.15, 0.2) is 0 Å². The monoisotopic (exact) mass is 449 g/mol. The number of benzene rings is 2. The van der Waals surface area contributed by atoms with E-state index >= 15 is 0 Å². The van der Waals surface area contributed by atoms with Gasteiger partial charge in [0.2, 0.25) is 0 Å². The van der Waals surface area contributed by atoms with Crippen molar-refractivity contribution in [2.75, 3.05) is 43.0 Å². The summed E-state index contributed by atoms with van der Waals surface area (Å²) >= 11 is 1.48. The molecule has 0 bridgehead atoms. The van der Waals surface area contributed by atoms with E-state index in [0.29, 0.717) is 25.3 Å². The van der Waals surface area contributed by atoms with Gasteiger partial charge in [-0.2, -0.15) is 0 Å². The van der Waals surface area contributed by atoms with Gasteiger partial charge < -0.3 is 19.9 Å². The van der Waals surface area contributed by atoms with Crippen LogP contribution in [0.4, 0.5) is 11.4 Å². The third kappa shape index (κ3) is 5.29. The Morgan fingerprint density at radius 1 is 0.969 bits per heavy atom. The van der Waals surface area contributed by atoms with Crippen molar-refractivity contribution < 1.29 is 14.3 Å². The van der Waals surface area contributed by atoms with Gasteiger partial charge in [0.05, 0.1) is 11.5 Å². The van der Waals surface area contributed by atoms with Crippen LogP contribution in [0.3, 0.4) is 0 Å². The largest absolute Gasteiger partial charge is 0.494 e. The standard InChI is InChI=1S/C25H27N3O3S/c1-2-17-31-22-11-5-19(6-12-22)24(29)26-20-7-9-21(10-8-20)27-13-15-28(16-14-27)25(30)23-4-3-18-32-23/h3-12,18H,2,13-17H2,1H3,(H,26,29). The Morgan fingerprint density at radius 3 is 2.31 bits per heavy atom. The van der Waals surface area contributed by atoms with Crippen LogP contribution in [0, 0.1) is 0 Å². The average Bonchev–Trinajstić information content (AvgIpc) is 3.38. The van der Waals surface area contributed by atoms with Crippen LogP contribution in [-0.4, -0.2) is 49.5 Å². The Morgan fingerprint density at radius 2 is 1.69 bits per heavy atom. The number of amides is 2. The first-order valence-corrected chi connectivity index (χ1v) is 11.7. The van der Waals surface area contributed by atoms with E-state index in [0.717, 1.165) is 41.5 Å². The third-order valence-electron chi connectivity index (χ3n) is 5.38. The first kappa shape index (κ1) is 21.9. The topological polar surface area (TPSA) is 61.9 Å². The summed E-state index contributed by atoms with van der Waals surface area (Å²) in [6.07, 6.45) is 0.946. The zero-order valence-corrected chi connectivity index (χ0v) is 18.9. The first-order valence-electron chi connectivity index (χ1n) is 10.9. The molecular weight excluding hydrogens is 422 g/mol. The molecule has 1 saturated heterocycles. The number of nitrogens with zero attached hydrogens (tertiary/aromatic N) is 2. The molecular formula is C25H27N3O3S. The van der Waals surface area contributed by atoms with Crippen molar-refractivity contribution in [2.24, 2.45) is 0 Å². The van der Waals surface area contributed by atoms with Crippen molar-refractivity contribution in [2.45, 2.75) is 13.3 Å². The van der Waals surface area contributed by atoms with Crippen LogP contribution in [0.2, 0.25) is 0 Å². The summed E-state index contributed by atoms with van der Waals surface area (Å²) in [5, 5.41) is 4.87. The maximum absolute atomic E-state index is 12.5. The molecule has 1 aliphatic heterocycles. The average molecular weight is 450 g/mol. The molecule has 0 radical (unpaired) electrons. The molecule has 166 valence electrons. The highest BCUT2D eigenvalue weighted by Crippen LogP contribution is 2.22. The molecule has 1 N–H and O–H groups in total. The molecule has 1 aromatic heterocycles. The predicted octanol–water partition coefficient (Wildman–Crippen LogP) is 4.75. The molecule has 2 amide bonds. The summed E-state index contributed by atoms with van der Waals surface area (Å²) in [5.74, 6) is 0.730. The first-order chi connectivity index (χ1) is 15.6. The molecule has 4 rings (SSSR count). The highest BCUT2D eigenvalue weighted by molar-refractivity contribution is 7.12. The van der Waals surface area contributed by atoms with Gasteiger partial charge in [0.1, 0.15) is 5.75 Å². The number of carbonyl (C=O) groups is 2. The molecule has 0 aliphatic carbocycles. The van der Waals surface area contributed by atoms with Crippen LogP contribution in [0.15, 0.2) is 66.0 Å². The number of rotatable bonds is 7. The van der Waals surface area contributed by atoms with Crippen molar-refractivity contribution in [1.82, 2.24) is 4.90 Å². The van der Waals surface area contributed by atoms with Gasteiger partial charge in [-0.1, -0.05) is 13.0 Å². The number of piperazine rings is 1. The van der Waals surface area contributed by atoms with E-state index in [1.165, 1.54) is 11.3 Å². The van der Waals surface area contributed by atoms with E-state index in [2.05, 4.69) is 17.1 Å². The molecule has 0 unspecified atom stereocenters. The van der Waals surface area contributed by atoms with Gasteiger partial charge in [-0.05, 0) is 66.4 Å². The van der Waals surface area contributed by atoms with E-state index < -0.39 is 0 Å². The SMILES string of the molecule is CCCOc1ccc(C(=O)Nc2ccc(N3CCN(C(=O)c4cccs4)CC3)cc2)cc1. The maximum Gasteiger partial charge on any atom is 0.264 e. The molecule has 0 saturated carbocycles. The van der Waals surface area contributed by atoms with Crippen molar-refractivity contribution >= 4 is 34.5 Å². The number of hydrogen-bond acceptors (Lipinski definition) is 5. The molecule has 2 aromatic carbocycles. The molecule has 32 heavy (non-hydrogen) atoms. The zero-order chi connectivity index (χ0) is 22.3. The fourth-order valence-corrected chi connectivity index (χ4v) is 4.30. The lowest BCUT2D eigenvalue weighted by molar-refractivity contribution is 0.0751.